The van der Waals surface area contributed by atoms with Crippen molar-refractivity contribution in [1.82, 2.24) is 9.78 Å². The number of esters is 1. The van der Waals surface area contributed by atoms with E-state index >= 15 is 0 Å². The minimum Gasteiger partial charge on any atom is -0.489 e. The summed E-state index contributed by atoms with van der Waals surface area (Å²) >= 11 is 6.24. The fourth-order valence-electron chi connectivity index (χ4n) is 2.70. The second kappa shape index (κ2) is 7.78. The van der Waals surface area contributed by atoms with E-state index in [1.54, 1.807) is 16.8 Å². The fourth-order valence-corrected chi connectivity index (χ4v) is 2.99. The van der Waals surface area contributed by atoms with E-state index in [-0.39, 0.29) is 19.0 Å². The van der Waals surface area contributed by atoms with Crippen molar-refractivity contribution < 1.29 is 19.0 Å². The summed E-state index contributed by atoms with van der Waals surface area (Å²) in [4.78, 5) is 12.0. The first-order valence-electron chi connectivity index (χ1n) is 8.27. The van der Waals surface area contributed by atoms with Gasteiger partial charge in [-0.25, -0.2) is 0 Å². The highest BCUT2D eigenvalue weighted by Crippen LogP contribution is 2.38. The van der Waals surface area contributed by atoms with Crippen LogP contribution in [-0.4, -0.2) is 29.0 Å². The maximum atomic E-state index is 12.0. The minimum atomic E-state index is -0.282. The van der Waals surface area contributed by atoms with E-state index < -0.39 is 0 Å². The number of halogens is 1. The van der Waals surface area contributed by atoms with Crippen molar-refractivity contribution in [2.45, 2.75) is 39.8 Å². The molecule has 7 heteroatoms. The van der Waals surface area contributed by atoms with Gasteiger partial charge in [0.15, 0.2) is 11.5 Å². The van der Waals surface area contributed by atoms with Crippen molar-refractivity contribution >= 4 is 17.6 Å². The fraction of sp³-hybridized carbons (Fsp3) is 0.444. The van der Waals surface area contributed by atoms with Crippen LogP contribution in [0.5, 0.6) is 11.5 Å². The Morgan fingerprint density at radius 3 is 2.84 bits per heavy atom. The highest BCUT2D eigenvalue weighted by atomic mass is 35.5. The van der Waals surface area contributed by atoms with Gasteiger partial charge in [-0.2, -0.15) is 5.10 Å². The van der Waals surface area contributed by atoms with Crippen molar-refractivity contribution in [2.75, 3.05) is 13.2 Å². The van der Waals surface area contributed by atoms with E-state index in [2.05, 4.69) is 5.10 Å². The quantitative estimate of drug-likeness (QED) is 0.760. The van der Waals surface area contributed by atoms with Crippen LogP contribution in [0, 0.1) is 13.8 Å². The van der Waals surface area contributed by atoms with Gasteiger partial charge >= 0.3 is 5.97 Å². The molecule has 0 bridgehead atoms. The van der Waals surface area contributed by atoms with Crippen LogP contribution in [0.15, 0.2) is 18.2 Å². The van der Waals surface area contributed by atoms with Crippen molar-refractivity contribution in [3.05, 3.63) is 40.2 Å². The molecule has 0 saturated heterocycles. The van der Waals surface area contributed by atoms with Crippen LogP contribution >= 0.6 is 11.6 Å². The highest BCUT2D eigenvalue weighted by molar-refractivity contribution is 6.32. The van der Waals surface area contributed by atoms with Gasteiger partial charge in [0.25, 0.3) is 0 Å². The lowest BCUT2D eigenvalue weighted by molar-refractivity contribution is -0.145. The minimum absolute atomic E-state index is 0.145. The van der Waals surface area contributed by atoms with Gasteiger partial charge in [0.2, 0.25) is 0 Å². The van der Waals surface area contributed by atoms with E-state index in [0.717, 1.165) is 23.4 Å². The van der Waals surface area contributed by atoms with Gasteiger partial charge in [-0.3, -0.25) is 9.48 Å². The summed E-state index contributed by atoms with van der Waals surface area (Å²) in [5.74, 6) is 0.869. The third kappa shape index (κ3) is 4.45. The summed E-state index contributed by atoms with van der Waals surface area (Å²) in [5.41, 5.74) is 2.74. The Hall–Kier alpha value is -2.21. The van der Waals surface area contributed by atoms with Crippen molar-refractivity contribution in [2.24, 2.45) is 0 Å². The van der Waals surface area contributed by atoms with E-state index in [9.17, 15) is 4.79 Å². The third-order valence-corrected chi connectivity index (χ3v) is 4.17. The van der Waals surface area contributed by atoms with E-state index in [4.69, 9.17) is 25.8 Å². The molecular formula is C18H21ClN2O4. The molecule has 0 saturated carbocycles. The number of benzene rings is 1. The van der Waals surface area contributed by atoms with Crippen LogP contribution in [0.2, 0.25) is 5.02 Å². The van der Waals surface area contributed by atoms with Gasteiger partial charge < -0.3 is 14.2 Å². The van der Waals surface area contributed by atoms with Crippen LogP contribution in [0.1, 0.15) is 29.8 Å². The Kier molecular flexibility index (Phi) is 5.48. The van der Waals surface area contributed by atoms with E-state index in [1.807, 2.05) is 19.9 Å². The molecule has 0 unspecified atom stereocenters. The Labute approximate surface area is 151 Å². The van der Waals surface area contributed by atoms with Crippen molar-refractivity contribution in [1.29, 1.82) is 0 Å². The number of carbonyl (C=O) groups is 1. The molecular weight excluding hydrogens is 344 g/mol. The lowest BCUT2D eigenvalue weighted by atomic mass is 10.2. The number of rotatable bonds is 5. The Bertz CT molecular complexity index is 773. The molecule has 25 heavy (non-hydrogen) atoms. The number of aromatic nitrogens is 2. The van der Waals surface area contributed by atoms with E-state index in [1.165, 1.54) is 0 Å². The lowest BCUT2D eigenvalue weighted by Gasteiger charge is -2.12. The van der Waals surface area contributed by atoms with Gasteiger partial charge in [-0.05, 0) is 37.6 Å². The zero-order valence-electron chi connectivity index (χ0n) is 14.4. The van der Waals surface area contributed by atoms with Crippen molar-refractivity contribution in [3.63, 3.8) is 0 Å². The number of aryl methyl sites for hydroxylation is 3. The standard InChI is InChI=1S/C18H21ClN2O4/c1-12-8-13(2)21(20-12)5-4-17(22)25-11-14-9-15(19)18-16(10-14)23-6-3-7-24-18/h8-10H,3-7,11H2,1-2H3. The molecule has 6 nitrogen and oxygen atoms in total. The molecule has 1 aliphatic heterocycles. The molecule has 1 aromatic carbocycles. The average Bonchev–Trinajstić information content (AvgIpc) is 2.76. The average molecular weight is 365 g/mol. The predicted molar refractivity (Wildman–Crippen MR) is 93.2 cm³/mol. The second-order valence-electron chi connectivity index (χ2n) is 6.02. The molecule has 3 rings (SSSR count). The van der Waals surface area contributed by atoms with Crippen LogP contribution < -0.4 is 9.47 Å². The summed E-state index contributed by atoms with van der Waals surface area (Å²) in [5, 5.41) is 4.80. The van der Waals surface area contributed by atoms with Crippen LogP contribution in [0.25, 0.3) is 0 Å². The van der Waals surface area contributed by atoms with Gasteiger partial charge in [0.1, 0.15) is 6.61 Å². The molecule has 0 N–H and O–H groups in total. The van der Waals surface area contributed by atoms with Crippen molar-refractivity contribution in [3.8, 4) is 11.5 Å². The van der Waals surface area contributed by atoms with Crippen LogP contribution in [0.4, 0.5) is 0 Å². The lowest BCUT2D eigenvalue weighted by Crippen LogP contribution is -2.11. The summed E-state index contributed by atoms with van der Waals surface area (Å²) in [6, 6.07) is 5.52. The number of fused-ring (bicyclic) bond motifs is 1. The van der Waals surface area contributed by atoms with Gasteiger partial charge in [0, 0.05) is 12.1 Å². The molecule has 2 aromatic rings. The van der Waals surface area contributed by atoms with E-state index in [0.29, 0.717) is 36.3 Å². The SMILES string of the molecule is Cc1cc(C)n(CCC(=O)OCc2cc(Cl)c3c(c2)OCCCO3)n1. The summed E-state index contributed by atoms with van der Waals surface area (Å²) in [6.45, 7) is 5.69. The number of carbonyl (C=O) groups excluding carboxylic acids is 1. The molecule has 134 valence electrons. The highest BCUT2D eigenvalue weighted by Gasteiger charge is 2.16. The number of hydrogen-bond donors (Lipinski definition) is 0. The maximum Gasteiger partial charge on any atom is 0.308 e. The van der Waals surface area contributed by atoms with Crippen LogP contribution in [0.3, 0.4) is 0 Å². The number of hydrogen-bond acceptors (Lipinski definition) is 5. The summed E-state index contributed by atoms with van der Waals surface area (Å²) in [6.07, 6.45) is 1.07. The predicted octanol–water partition coefficient (Wildman–Crippen LogP) is 3.45. The Morgan fingerprint density at radius 2 is 2.08 bits per heavy atom. The molecule has 0 radical (unpaired) electrons. The summed E-state index contributed by atoms with van der Waals surface area (Å²) < 4.78 is 18.4. The topological polar surface area (TPSA) is 62.6 Å². The molecule has 0 fully saturated rings. The first-order valence-corrected chi connectivity index (χ1v) is 8.65. The Balaban J connectivity index is 1.56. The zero-order valence-corrected chi connectivity index (χ0v) is 15.1. The zero-order chi connectivity index (χ0) is 17.8. The molecule has 1 aromatic heterocycles. The Morgan fingerprint density at radius 1 is 1.28 bits per heavy atom. The largest absolute Gasteiger partial charge is 0.489 e. The normalized spacial score (nSPS) is 13.4. The first kappa shape index (κ1) is 17.6. The number of nitrogens with zero attached hydrogens (tertiary/aromatic N) is 2. The molecule has 1 aliphatic rings. The maximum absolute atomic E-state index is 12.0. The molecule has 2 heterocycles. The van der Waals surface area contributed by atoms with Gasteiger partial charge in [0.05, 0.1) is 36.9 Å². The summed E-state index contributed by atoms with van der Waals surface area (Å²) in [7, 11) is 0. The molecule has 0 amide bonds. The number of ether oxygens (including phenoxy) is 3. The first-order chi connectivity index (χ1) is 12.0. The monoisotopic (exact) mass is 364 g/mol. The smallest absolute Gasteiger partial charge is 0.308 e. The molecule has 0 atom stereocenters. The molecule has 0 aliphatic carbocycles. The van der Waals surface area contributed by atoms with Gasteiger partial charge in [-0.1, -0.05) is 11.6 Å². The molecule has 0 spiro atoms. The third-order valence-electron chi connectivity index (χ3n) is 3.89. The van der Waals surface area contributed by atoms with Crippen LogP contribution in [-0.2, 0) is 22.7 Å². The van der Waals surface area contributed by atoms with Gasteiger partial charge in [-0.15, -0.1) is 0 Å². The second-order valence-corrected chi connectivity index (χ2v) is 6.42.